The molecule has 7 nitrogen and oxygen atoms in total. The van der Waals surface area contributed by atoms with E-state index in [2.05, 4.69) is 32.3 Å². The van der Waals surface area contributed by atoms with E-state index in [1.807, 2.05) is 12.1 Å². The fraction of sp³-hybridized carbons (Fsp3) is 0.389. The third-order valence-corrected chi connectivity index (χ3v) is 5.21. The summed E-state index contributed by atoms with van der Waals surface area (Å²) in [6.45, 7) is 4.00. The van der Waals surface area contributed by atoms with Gasteiger partial charge in [0.25, 0.3) is 0 Å². The number of rotatable bonds is 5. The van der Waals surface area contributed by atoms with Crippen LogP contribution in [0.15, 0.2) is 35.5 Å². The van der Waals surface area contributed by atoms with Gasteiger partial charge in [0.1, 0.15) is 11.6 Å². The van der Waals surface area contributed by atoms with Crippen LogP contribution < -0.4 is 21.7 Å². The topological polar surface area (TPSA) is 110 Å². The number of hydrogen-bond donors (Lipinski definition) is 3. The summed E-state index contributed by atoms with van der Waals surface area (Å²) in [6.07, 6.45) is 3.79. The quantitative estimate of drug-likeness (QED) is 0.547. The lowest BCUT2D eigenvalue weighted by atomic mass is 10.1. The number of nitrogen functional groups attached to an aromatic ring is 2. The molecule has 0 radical (unpaired) electrons. The van der Waals surface area contributed by atoms with Gasteiger partial charge in [-0.15, -0.1) is 0 Å². The highest BCUT2D eigenvalue weighted by molar-refractivity contribution is 8.00. The number of aromatic nitrogens is 2. The predicted octanol–water partition coefficient (Wildman–Crippen LogP) is 2.75. The molecule has 0 unspecified atom stereocenters. The van der Waals surface area contributed by atoms with Crippen molar-refractivity contribution in [2.75, 3.05) is 34.8 Å². The number of nitrogens with one attached hydrogen (secondary N) is 1. The molecule has 2 heterocycles. The Labute approximate surface area is 157 Å². The van der Waals surface area contributed by atoms with Crippen LogP contribution in [0.1, 0.15) is 26.2 Å². The van der Waals surface area contributed by atoms with Gasteiger partial charge in [-0.3, -0.25) is 4.79 Å². The largest absolute Gasteiger partial charge is 0.383 e. The number of nitrogens with zero attached hydrogens (tertiary/aromatic N) is 3. The van der Waals surface area contributed by atoms with Gasteiger partial charge in [-0.2, -0.15) is 0 Å². The van der Waals surface area contributed by atoms with Crippen molar-refractivity contribution in [3.63, 3.8) is 0 Å². The van der Waals surface area contributed by atoms with E-state index in [4.69, 9.17) is 11.5 Å². The molecule has 1 aliphatic rings. The van der Waals surface area contributed by atoms with Crippen LogP contribution in [-0.4, -0.2) is 34.2 Å². The minimum absolute atomic E-state index is 0.120. The molecule has 1 amide bonds. The van der Waals surface area contributed by atoms with Gasteiger partial charge in [0.2, 0.25) is 5.91 Å². The molecular formula is C18H24N6OS. The van der Waals surface area contributed by atoms with Crippen molar-refractivity contribution in [2.45, 2.75) is 36.6 Å². The number of thioether (sulfide) groups is 1. The van der Waals surface area contributed by atoms with Gasteiger partial charge in [0.05, 0.1) is 5.25 Å². The van der Waals surface area contributed by atoms with Gasteiger partial charge in [-0.05, 0) is 50.5 Å². The van der Waals surface area contributed by atoms with E-state index < -0.39 is 0 Å². The van der Waals surface area contributed by atoms with Crippen molar-refractivity contribution >= 4 is 40.7 Å². The average molecular weight is 372 g/mol. The minimum Gasteiger partial charge on any atom is -0.383 e. The van der Waals surface area contributed by atoms with Gasteiger partial charge >= 0.3 is 0 Å². The molecule has 1 aromatic heterocycles. The summed E-state index contributed by atoms with van der Waals surface area (Å²) in [4.78, 5) is 23.0. The lowest BCUT2D eigenvalue weighted by Crippen LogP contribution is -2.29. The first kappa shape index (κ1) is 18.3. The molecule has 0 aliphatic carbocycles. The number of nitrogens with two attached hydrogens (primary N) is 2. The van der Waals surface area contributed by atoms with E-state index in [1.165, 1.54) is 42.8 Å². The maximum atomic E-state index is 12.4. The van der Waals surface area contributed by atoms with Crippen molar-refractivity contribution in [1.82, 2.24) is 9.97 Å². The Bertz CT molecular complexity index is 741. The minimum atomic E-state index is -0.377. The number of piperidine rings is 1. The molecule has 26 heavy (non-hydrogen) atoms. The second-order valence-electron chi connectivity index (χ2n) is 6.34. The molecule has 138 valence electrons. The zero-order valence-corrected chi connectivity index (χ0v) is 15.6. The molecule has 0 saturated carbocycles. The van der Waals surface area contributed by atoms with E-state index in [1.54, 1.807) is 6.92 Å². The number of carbonyl (C=O) groups excluding carboxylic acids is 1. The van der Waals surface area contributed by atoms with Crippen LogP contribution in [0.4, 0.5) is 23.0 Å². The van der Waals surface area contributed by atoms with E-state index in [0.717, 1.165) is 18.8 Å². The van der Waals surface area contributed by atoms with Crippen molar-refractivity contribution in [1.29, 1.82) is 0 Å². The molecule has 1 aliphatic heterocycles. The number of carbonyl (C=O) groups is 1. The van der Waals surface area contributed by atoms with E-state index in [0.29, 0.717) is 16.8 Å². The third-order valence-electron chi connectivity index (χ3n) is 4.25. The van der Waals surface area contributed by atoms with Crippen molar-refractivity contribution < 1.29 is 4.79 Å². The molecule has 0 bridgehead atoms. The Morgan fingerprint density at radius 3 is 2.35 bits per heavy atom. The summed E-state index contributed by atoms with van der Waals surface area (Å²) in [5, 5.41) is 2.94. The first-order valence-corrected chi connectivity index (χ1v) is 9.62. The highest BCUT2D eigenvalue weighted by Gasteiger charge is 2.17. The van der Waals surface area contributed by atoms with E-state index >= 15 is 0 Å². The maximum absolute atomic E-state index is 12.4. The normalized spacial score (nSPS) is 15.5. The molecule has 1 saturated heterocycles. The zero-order valence-electron chi connectivity index (χ0n) is 14.8. The summed E-state index contributed by atoms with van der Waals surface area (Å²) in [6, 6.07) is 9.47. The highest BCUT2D eigenvalue weighted by atomic mass is 32.2. The zero-order chi connectivity index (χ0) is 18.5. The molecule has 8 heteroatoms. The van der Waals surface area contributed by atoms with Crippen LogP contribution in [0.5, 0.6) is 0 Å². The Hall–Kier alpha value is -2.48. The summed E-state index contributed by atoms with van der Waals surface area (Å²) in [5.74, 6) is 0.465. The Kier molecular flexibility index (Phi) is 5.82. The molecule has 5 N–H and O–H groups in total. The van der Waals surface area contributed by atoms with E-state index in [-0.39, 0.29) is 11.2 Å². The smallest absolute Gasteiger partial charge is 0.237 e. The number of hydrogen-bond acceptors (Lipinski definition) is 7. The van der Waals surface area contributed by atoms with Gasteiger partial charge in [-0.25, -0.2) is 9.97 Å². The summed E-state index contributed by atoms with van der Waals surface area (Å²) >= 11 is 1.22. The monoisotopic (exact) mass is 372 g/mol. The maximum Gasteiger partial charge on any atom is 0.237 e. The van der Waals surface area contributed by atoms with Crippen LogP contribution in [0.3, 0.4) is 0 Å². The fourth-order valence-electron chi connectivity index (χ4n) is 2.88. The lowest BCUT2D eigenvalue weighted by molar-refractivity contribution is -0.115. The SMILES string of the molecule is C[C@@H](Sc1nc(N)cc(N)n1)C(=O)Nc1ccc(N2CCCCC2)cc1. The van der Waals surface area contributed by atoms with Gasteiger partial charge in [-0.1, -0.05) is 11.8 Å². The number of anilines is 4. The van der Waals surface area contributed by atoms with Crippen molar-refractivity contribution in [2.24, 2.45) is 0 Å². The second-order valence-corrected chi connectivity index (χ2v) is 7.65. The van der Waals surface area contributed by atoms with Crippen molar-refractivity contribution in [3.8, 4) is 0 Å². The number of amides is 1. The molecule has 1 aromatic carbocycles. The predicted molar refractivity (Wildman–Crippen MR) is 107 cm³/mol. The summed E-state index contributed by atoms with van der Waals surface area (Å²) in [7, 11) is 0. The Morgan fingerprint density at radius 2 is 1.73 bits per heavy atom. The highest BCUT2D eigenvalue weighted by Crippen LogP contribution is 2.24. The molecule has 1 atom stereocenters. The molecule has 0 spiro atoms. The van der Waals surface area contributed by atoms with Gasteiger partial charge in [0.15, 0.2) is 5.16 Å². The van der Waals surface area contributed by atoms with E-state index in [9.17, 15) is 4.79 Å². The number of benzene rings is 1. The van der Waals surface area contributed by atoms with Crippen LogP contribution in [-0.2, 0) is 4.79 Å². The molecule has 1 fully saturated rings. The van der Waals surface area contributed by atoms with Crippen LogP contribution in [0.25, 0.3) is 0 Å². The van der Waals surface area contributed by atoms with Crippen LogP contribution >= 0.6 is 11.8 Å². The summed E-state index contributed by atoms with van der Waals surface area (Å²) in [5.41, 5.74) is 13.3. The standard InChI is InChI=1S/C18H24N6OS/c1-12(26-18-22-15(19)11-16(20)23-18)17(25)21-13-5-7-14(8-6-13)24-9-3-2-4-10-24/h5-8,11-12H,2-4,9-10H2,1H3,(H,21,25)(H4,19,20,22,23)/t12-/m1/s1. The van der Waals surface area contributed by atoms with Crippen molar-refractivity contribution in [3.05, 3.63) is 30.3 Å². The van der Waals surface area contributed by atoms with Crippen LogP contribution in [0, 0.1) is 0 Å². The first-order valence-electron chi connectivity index (χ1n) is 8.74. The average Bonchev–Trinajstić information content (AvgIpc) is 2.62. The summed E-state index contributed by atoms with van der Waals surface area (Å²) < 4.78 is 0. The molecule has 2 aromatic rings. The Balaban J connectivity index is 1.58. The van der Waals surface area contributed by atoms with Crippen LogP contribution in [0.2, 0.25) is 0 Å². The second kappa shape index (κ2) is 8.27. The third kappa shape index (κ3) is 4.78. The van der Waals surface area contributed by atoms with Gasteiger partial charge in [0, 0.05) is 30.5 Å². The molecular weight excluding hydrogens is 348 g/mol. The van der Waals surface area contributed by atoms with Gasteiger partial charge < -0.3 is 21.7 Å². The molecule has 3 rings (SSSR count). The fourth-order valence-corrected chi connectivity index (χ4v) is 3.68. The first-order chi connectivity index (χ1) is 12.5. The Morgan fingerprint density at radius 1 is 1.12 bits per heavy atom. The lowest BCUT2D eigenvalue weighted by Gasteiger charge is -2.28.